The number of halogens is 24. The van der Waals surface area contributed by atoms with Crippen molar-refractivity contribution >= 4 is 6.16 Å². The molecule has 0 heterocycles. The molecule has 0 N–H and O–H groups in total. The fraction of sp³-hybridized carbons (Fsp3) is 0.923. The lowest BCUT2D eigenvalue weighted by molar-refractivity contribution is -0.440. The zero-order chi connectivity index (χ0) is 33.1. The maximum atomic E-state index is 13.3. The van der Waals surface area contributed by atoms with E-state index in [1.54, 1.807) is 0 Å². The average molecular weight is 662 g/mol. The maximum Gasteiger partial charge on any atom is 0.513 e. The van der Waals surface area contributed by atoms with Crippen LogP contribution in [0.3, 0.4) is 0 Å². The summed E-state index contributed by atoms with van der Waals surface area (Å²) in [7, 11) is 0. The van der Waals surface area contributed by atoms with E-state index in [0.717, 1.165) is 0 Å². The van der Waals surface area contributed by atoms with Crippen LogP contribution in [0.25, 0.3) is 0 Å². The van der Waals surface area contributed by atoms with Gasteiger partial charge in [-0.15, -0.1) is 0 Å². The number of hydrogen-bond acceptors (Lipinski definition) is 3. The number of ether oxygens (including phenoxy) is 2. The summed E-state index contributed by atoms with van der Waals surface area (Å²) in [6.07, 6.45) is -49.2. The Morgan fingerprint density at radius 1 is 0.400 bits per heavy atom. The largest absolute Gasteiger partial charge is 0.513 e. The minimum atomic E-state index is -8.46. The predicted octanol–water partition coefficient (Wildman–Crippen LogP) is 7.94. The van der Waals surface area contributed by atoms with Gasteiger partial charge in [0.15, 0.2) is 0 Å². The van der Waals surface area contributed by atoms with Crippen LogP contribution in [0.15, 0.2) is 0 Å². The van der Waals surface area contributed by atoms with E-state index in [1.165, 1.54) is 0 Å². The molecule has 3 nitrogen and oxygen atoms in total. The number of rotatable bonds is 8. The highest BCUT2D eigenvalue weighted by atomic mass is 19.4. The molecule has 0 spiro atoms. The standard InChI is InChI=1S/C13H2F24O3/c14-1(4(16,17)8(22,23)6(20,10(26,27)28)11(29,30)31)39-3(38)40-2(15)5(18,19)9(24,25)7(21,12(32,33)34)13(35,36)37/h1-2H. The van der Waals surface area contributed by atoms with E-state index in [4.69, 9.17) is 0 Å². The molecule has 0 bridgehead atoms. The summed E-state index contributed by atoms with van der Waals surface area (Å²) >= 11 is 0. The van der Waals surface area contributed by atoms with E-state index in [0.29, 0.717) is 0 Å². The molecule has 240 valence electrons. The Morgan fingerprint density at radius 3 is 0.725 bits per heavy atom. The molecule has 0 aromatic heterocycles. The molecule has 0 aliphatic heterocycles. The zero-order valence-corrected chi connectivity index (χ0v) is 17.0. The van der Waals surface area contributed by atoms with E-state index >= 15 is 0 Å². The summed E-state index contributed by atoms with van der Waals surface area (Å²) in [4.78, 5) is 10.7. The molecule has 0 aromatic rings. The molecule has 0 fully saturated rings. The maximum absolute atomic E-state index is 13.3. The van der Waals surface area contributed by atoms with Crippen LogP contribution in [0.1, 0.15) is 0 Å². The van der Waals surface area contributed by atoms with Gasteiger partial charge in [0, 0.05) is 0 Å². The molecular weight excluding hydrogens is 660 g/mol. The molecule has 27 heteroatoms. The molecule has 0 aliphatic carbocycles. The van der Waals surface area contributed by atoms with Crippen LogP contribution in [0, 0.1) is 0 Å². The first kappa shape index (κ1) is 37.6. The van der Waals surface area contributed by atoms with Crippen molar-refractivity contribution in [2.24, 2.45) is 0 Å². The summed E-state index contributed by atoms with van der Waals surface area (Å²) in [6, 6.07) is 0. The monoisotopic (exact) mass is 662 g/mol. The molecule has 2 unspecified atom stereocenters. The van der Waals surface area contributed by atoms with Crippen LogP contribution in [-0.4, -0.2) is 78.6 Å². The third-order valence-electron chi connectivity index (χ3n) is 4.23. The second-order valence-corrected chi connectivity index (χ2v) is 6.82. The molecule has 0 aromatic carbocycles. The predicted molar refractivity (Wildman–Crippen MR) is 69.0 cm³/mol. The van der Waals surface area contributed by atoms with Crippen molar-refractivity contribution < 1.29 is 120 Å². The zero-order valence-electron chi connectivity index (χ0n) is 17.0. The topological polar surface area (TPSA) is 35.5 Å². The Bertz CT molecular complexity index is 807. The Morgan fingerprint density at radius 2 is 0.575 bits per heavy atom. The van der Waals surface area contributed by atoms with Crippen molar-refractivity contribution in [2.75, 3.05) is 0 Å². The minimum Gasteiger partial charge on any atom is -0.393 e. The van der Waals surface area contributed by atoms with Crippen LogP contribution in [-0.2, 0) is 9.47 Å². The van der Waals surface area contributed by atoms with Gasteiger partial charge in [-0.2, -0.15) is 96.6 Å². The number of hydrogen-bond donors (Lipinski definition) is 0. The Labute approximate surface area is 199 Å². The molecule has 0 rings (SSSR count). The summed E-state index contributed by atoms with van der Waals surface area (Å²) in [6.45, 7) is 0. The fourth-order valence-corrected chi connectivity index (χ4v) is 2.12. The fourth-order valence-electron chi connectivity index (χ4n) is 2.12. The summed E-state index contributed by atoms with van der Waals surface area (Å²) in [5.74, 6) is -32.8. The lowest BCUT2D eigenvalue weighted by Gasteiger charge is -2.40. The summed E-state index contributed by atoms with van der Waals surface area (Å²) < 4.78 is 311. The summed E-state index contributed by atoms with van der Waals surface area (Å²) in [5.41, 5.74) is -16.9. The van der Waals surface area contributed by atoms with Crippen LogP contribution >= 0.6 is 0 Å². The first-order chi connectivity index (χ1) is 16.9. The molecular formula is C13H2F24O3. The van der Waals surface area contributed by atoms with Crippen molar-refractivity contribution in [3.05, 3.63) is 0 Å². The van der Waals surface area contributed by atoms with Gasteiger partial charge < -0.3 is 9.47 Å². The highest BCUT2D eigenvalue weighted by molar-refractivity contribution is 5.60. The second-order valence-electron chi connectivity index (χ2n) is 6.82. The van der Waals surface area contributed by atoms with Gasteiger partial charge in [0.05, 0.1) is 0 Å². The van der Waals surface area contributed by atoms with Gasteiger partial charge in [-0.1, -0.05) is 0 Å². The first-order valence-electron chi connectivity index (χ1n) is 8.26. The third kappa shape index (κ3) is 5.31. The van der Waals surface area contributed by atoms with E-state index in [-0.39, 0.29) is 0 Å². The first-order valence-corrected chi connectivity index (χ1v) is 8.26. The summed E-state index contributed by atoms with van der Waals surface area (Å²) in [5, 5.41) is 0. The lowest BCUT2D eigenvalue weighted by atomic mass is 9.90. The second kappa shape index (κ2) is 9.85. The Hall–Kier alpha value is -2.41. The van der Waals surface area contributed by atoms with E-state index in [1.807, 2.05) is 9.47 Å². The molecule has 0 saturated carbocycles. The molecule has 0 saturated heterocycles. The van der Waals surface area contributed by atoms with E-state index in [2.05, 4.69) is 0 Å². The van der Waals surface area contributed by atoms with Crippen molar-refractivity contribution in [2.45, 2.75) is 72.4 Å². The van der Waals surface area contributed by atoms with Crippen molar-refractivity contribution in [3.63, 3.8) is 0 Å². The molecule has 2 atom stereocenters. The van der Waals surface area contributed by atoms with Gasteiger partial charge in [0.1, 0.15) is 0 Å². The van der Waals surface area contributed by atoms with Gasteiger partial charge in [0.2, 0.25) is 0 Å². The van der Waals surface area contributed by atoms with Gasteiger partial charge in [-0.05, 0) is 0 Å². The molecule has 0 amide bonds. The highest BCUT2D eigenvalue weighted by Gasteiger charge is 2.93. The van der Waals surface area contributed by atoms with E-state index in [9.17, 15) is 110 Å². The molecule has 0 radical (unpaired) electrons. The Kier molecular flexibility index (Phi) is 9.26. The molecule has 0 aliphatic rings. The number of carbonyl (C=O) groups is 1. The van der Waals surface area contributed by atoms with E-state index < -0.39 is 78.6 Å². The van der Waals surface area contributed by atoms with Crippen molar-refractivity contribution in [1.29, 1.82) is 0 Å². The van der Waals surface area contributed by atoms with Gasteiger partial charge in [-0.25, -0.2) is 13.6 Å². The highest BCUT2D eigenvalue weighted by Crippen LogP contribution is 2.61. The number of alkyl halides is 24. The van der Waals surface area contributed by atoms with Crippen molar-refractivity contribution in [3.8, 4) is 0 Å². The van der Waals surface area contributed by atoms with Gasteiger partial charge >= 0.3 is 78.6 Å². The Balaban J connectivity index is 6.31. The van der Waals surface area contributed by atoms with Crippen LogP contribution < -0.4 is 0 Å². The number of carbonyl (C=O) groups excluding carboxylic acids is 1. The third-order valence-corrected chi connectivity index (χ3v) is 4.23. The minimum absolute atomic E-state index is 2.01. The van der Waals surface area contributed by atoms with Crippen LogP contribution in [0.2, 0.25) is 0 Å². The molecule has 40 heavy (non-hydrogen) atoms. The average Bonchev–Trinajstić information content (AvgIpc) is 2.68. The van der Waals surface area contributed by atoms with Gasteiger partial charge in [-0.3, -0.25) is 0 Å². The lowest BCUT2D eigenvalue weighted by Crippen LogP contribution is -2.72. The SMILES string of the molecule is O=C(OC(F)C(F)(F)C(F)(F)C(F)(C(F)(F)F)C(F)(F)F)OC(F)C(F)(F)C(F)(F)C(F)(C(F)(F)F)C(F)(F)F. The quantitative estimate of drug-likeness (QED) is 0.196. The van der Waals surface area contributed by atoms with Crippen molar-refractivity contribution in [1.82, 2.24) is 0 Å². The van der Waals surface area contributed by atoms with Crippen LogP contribution in [0.5, 0.6) is 0 Å². The normalized spacial score (nSPS) is 17.4. The van der Waals surface area contributed by atoms with Gasteiger partial charge in [0.25, 0.3) is 0 Å². The van der Waals surface area contributed by atoms with Crippen LogP contribution in [0.4, 0.5) is 110 Å². The smallest absolute Gasteiger partial charge is 0.393 e.